The van der Waals surface area contributed by atoms with Gasteiger partial charge in [-0.3, -0.25) is 4.55 Å². The summed E-state index contributed by atoms with van der Waals surface area (Å²) in [4.78, 5) is 0. The van der Waals surface area contributed by atoms with Gasteiger partial charge in [0.1, 0.15) is 0 Å². The van der Waals surface area contributed by atoms with Crippen LogP contribution in [0.3, 0.4) is 0 Å². The predicted octanol–water partition coefficient (Wildman–Crippen LogP) is -1.38. The Morgan fingerprint density at radius 2 is 2.00 bits per heavy atom. The van der Waals surface area contributed by atoms with Crippen molar-refractivity contribution in [1.82, 2.24) is 0 Å². The predicted molar refractivity (Wildman–Crippen MR) is 46.1 cm³/mol. The van der Waals surface area contributed by atoms with Crippen molar-refractivity contribution in [3.63, 3.8) is 0 Å². The molecule has 0 heterocycles. The van der Waals surface area contributed by atoms with E-state index in [1.165, 1.54) is 0 Å². The van der Waals surface area contributed by atoms with Gasteiger partial charge in [0, 0.05) is 0 Å². The van der Waals surface area contributed by atoms with Gasteiger partial charge in [-0.25, -0.2) is 0 Å². The van der Waals surface area contributed by atoms with Gasteiger partial charge in [-0.15, -0.1) is 0 Å². The topological polar surface area (TPSA) is 83.8 Å². The molecule has 0 aromatic carbocycles. The molecule has 1 unspecified atom stereocenters. The summed E-state index contributed by atoms with van der Waals surface area (Å²) in [7, 11) is -3.93. The molecular formula is C5H13NaO5S. The van der Waals surface area contributed by atoms with E-state index in [1.807, 2.05) is 0 Å². The van der Waals surface area contributed by atoms with E-state index in [1.54, 1.807) is 6.92 Å². The number of hydrogen-bond acceptors (Lipinski definition) is 4. The summed E-state index contributed by atoms with van der Waals surface area (Å²) in [6.45, 7) is 1.34. The van der Waals surface area contributed by atoms with E-state index < -0.39 is 22.0 Å². The van der Waals surface area contributed by atoms with Crippen molar-refractivity contribution < 1.29 is 22.8 Å². The molecule has 0 aliphatic rings. The molecule has 0 aromatic heterocycles. The fraction of sp³-hybridized carbons (Fsp3) is 1.00. The van der Waals surface area contributed by atoms with Crippen LogP contribution in [-0.4, -0.2) is 72.7 Å². The van der Waals surface area contributed by atoms with Crippen molar-refractivity contribution in [3.8, 4) is 0 Å². The average Bonchev–Trinajstić information content (AvgIpc) is 1.85. The Hall–Kier alpha value is 0.830. The van der Waals surface area contributed by atoms with E-state index in [0.717, 1.165) is 0 Å². The van der Waals surface area contributed by atoms with Gasteiger partial charge >= 0.3 is 29.6 Å². The van der Waals surface area contributed by atoms with Gasteiger partial charge < -0.3 is 9.84 Å². The maximum absolute atomic E-state index is 10.1. The summed E-state index contributed by atoms with van der Waals surface area (Å²) in [5, 5.41) is 8.43. The van der Waals surface area contributed by atoms with Gasteiger partial charge in [-0.1, -0.05) is 0 Å². The molecule has 7 heteroatoms. The van der Waals surface area contributed by atoms with Crippen LogP contribution in [0.1, 0.15) is 6.92 Å². The van der Waals surface area contributed by atoms with Crippen molar-refractivity contribution in [1.29, 1.82) is 0 Å². The second-order valence-corrected chi connectivity index (χ2v) is 3.72. The first-order chi connectivity index (χ1) is 4.95. The zero-order chi connectivity index (χ0) is 8.91. The van der Waals surface area contributed by atoms with Crippen molar-refractivity contribution in [3.05, 3.63) is 0 Å². The van der Waals surface area contributed by atoms with Crippen LogP contribution in [0.2, 0.25) is 0 Å². The van der Waals surface area contributed by atoms with Crippen molar-refractivity contribution in [2.75, 3.05) is 19.0 Å². The number of ether oxygens (including phenoxy) is 1. The van der Waals surface area contributed by atoms with Crippen molar-refractivity contribution in [2.45, 2.75) is 13.0 Å². The summed E-state index contributed by atoms with van der Waals surface area (Å²) in [6, 6.07) is 0. The zero-order valence-electron chi connectivity index (χ0n) is 6.23. The SMILES string of the molecule is CC(CO)OCCS(=O)(=O)O.[NaH]. The van der Waals surface area contributed by atoms with E-state index in [9.17, 15) is 8.42 Å². The van der Waals surface area contributed by atoms with Gasteiger partial charge in [0.15, 0.2) is 0 Å². The number of hydrogen-bond donors (Lipinski definition) is 2. The van der Waals surface area contributed by atoms with E-state index in [-0.39, 0.29) is 42.8 Å². The fourth-order valence-corrected chi connectivity index (χ4v) is 0.714. The second-order valence-electron chi connectivity index (χ2n) is 2.15. The van der Waals surface area contributed by atoms with Crippen LogP contribution < -0.4 is 0 Å². The van der Waals surface area contributed by atoms with Crippen LogP contribution in [0, 0.1) is 0 Å². The molecule has 2 N–H and O–H groups in total. The zero-order valence-corrected chi connectivity index (χ0v) is 7.04. The van der Waals surface area contributed by atoms with Gasteiger partial charge in [0.25, 0.3) is 10.1 Å². The van der Waals surface area contributed by atoms with E-state index in [2.05, 4.69) is 0 Å². The van der Waals surface area contributed by atoms with Crippen LogP contribution in [0.5, 0.6) is 0 Å². The molecule has 0 saturated heterocycles. The molecule has 0 aliphatic carbocycles. The van der Waals surface area contributed by atoms with Gasteiger partial charge in [0.2, 0.25) is 0 Å². The van der Waals surface area contributed by atoms with Gasteiger partial charge in [-0.05, 0) is 6.92 Å². The van der Waals surface area contributed by atoms with Crippen LogP contribution in [0.25, 0.3) is 0 Å². The third-order valence-corrected chi connectivity index (χ3v) is 1.68. The molecular weight excluding hydrogens is 195 g/mol. The molecule has 12 heavy (non-hydrogen) atoms. The molecule has 0 aliphatic heterocycles. The number of aliphatic hydroxyl groups excluding tert-OH is 1. The third-order valence-electron chi connectivity index (χ3n) is 1.00. The fourth-order valence-electron chi connectivity index (χ4n) is 0.407. The van der Waals surface area contributed by atoms with Crippen molar-refractivity contribution in [2.24, 2.45) is 0 Å². The summed E-state index contributed by atoms with van der Waals surface area (Å²) in [5.41, 5.74) is 0. The van der Waals surface area contributed by atoms with Gasteiger partial charge in [-0.2, -0.15) is 8.42 Å². The second kappa shape index (κ2) is 7.25. The Balaban J connectivity index is 0. The normalized spacial score (nSPS) is 13.6. The van der Waals surface area contributed by atoms with E-state index in [4.69, 9.17) is 14.4 Å². The molecule has 0 rings (SSSR count). The Morgan fingerprint density at radius 3 is 2.33 bits per heavy atom. The summed E-state index contributed by atoms with van der Waals surface area (Å²) < 4.78 is 33.2. The molecule has 0 saturated carbocycles. The minimum atomic E-state index is -3.93. The quantitative estimate of drug-likeness (QED) is 0.430. The molecule has 1 atom stereocenters. The molecule has 0 radical (unpaired) electrons. The summed E-state index contributed by atoms with van der Waals surface area (Å²) >= 11 is 0. The maximum atomic E-state index is 10.1. The summed E-state index contributed by atoms with van der Waals surface area (Å²) in [5.74, 6) is -0.433. The molecule has 0 spiro atoms. The summed E-state index contributed by atoms with van der Waals surface area (Å²) in [6.07, 6.45) is -0.392. The number of aliphatic hydroxyl groups is 1. The van der Waals surface area contributed by atoms with Gasteiger partial charge in [0.05, 0.1) is 25.1 Å². The Bertz CT molecular complexity index is 190. The standard InChI is InChI=1S/C5H12O5S.Na.H/c1-5(4-6)10-2-3-11(7,8)9;;/h5-6H,2-4H2,1H3,(H,7,8,9);;. The molecule has 0 amide bonds. The number of rotatable bonds is 5. The Kier molecular flexibility index (Phi) is 9.25. The van der Waals surface area contributed by atoms with Crippen LogP contribution in [0.15, 0.2) is 0 Å². The monoisotopic (exact) mass is 208 g/mol. The molecule has 70 valence electrons. The molecule has 5 nitrogen and oxygen atoms in total. The minimum absolute atomic E-state index is 0. The van der Waals surface area contributed by atoms with Crippen LogP contribution in [0.4, 0.5) is 0 Å². The molecule has 0 aromatic rings. The van der Waals surface area contributed by atoms with Crippen LogP contribution in [-0.2, 0) is 14.9 Å². The first kappa shape index (κ1) is 15.3. The Morgan fingerprint density at radius 1 is 1.50 bits per heavy atom. The molecule has 0 fully saturated rings. The van der Waals surface area contributed by atoms with Crippen molar-refractivity contribution >= 4 is 39.7 Å². The Labute approximate surface area is 94.1 Å². The first-order valence-corrected chi connectivity index (χ1v) is 4.74. The van der Waals surface area contributed by atoms with E-state index in [0.29, 0.717) is 0 Å². The van der Waals surface area contributed by atoms with E-state index >= 15 is 0 Å². The van der Waals surface area contributed by atoms with Crippen LogP contribution >= 0.6 is 0 Å². The third kappa shape index (κ3) is 10.8. The first-order valence-electron chi connectivity index (χ1n) is 3.13. The average molecular weight is 208 g/mol. The molecule has 0 bridgehead atoms.